The van der Waals surface area contributed by atoms with Gasteiger partial charge in [0.25, 0.3) is 0 Å². The summed E-state index contributed by atoms with van der Waals surface area (Å²) in [6, 6.07) is 5.35. The largest absolute Gasteiger partial charge is 0.505 e. The quantitative estimate of drug-likeness (QED) is 0.669. The average Bonchev–Trinajstić information content (AvgIpc) is 3.06. The molecule has 124 valence electrons. The Bertz CT molecular complexity index is 1030. The van der Waals surface area contributed by atoms with Crippen molar-refractivity contribution < 1.29 is 14.6 Å². The topological polar surface area (TPSA) is 73.9 Å². The van der Waals surface area contributed by atoms with E-state index < -0.39 is 0 Å². The minimum Gasteiger partial charge on any atom is -0.505 e. The van der Waals surface area contributed by atoms with Gasteiger partial charge in [0.1, 0.15) is 28.0 Å². The van der Waals surface area contributed by atoms with E-state index >= 15 is 0 Å². The molecule has 0 bridgehead atoms. The summed E-state index contributed by atoms with van der Waals surface area (Å²) >= 11 is 0. The summed E-state index contributed by atoms with van der Waals surface area (Å²) in [6.07, 6.45) is 2.00. The third-order valence-corrected chi connectivity index (χ3v) is 4.85. The number of aromatic hydroxyl groups is 2. The molecule has 2 aromatic carbocycles. The lowest BCUT2D eigenvalue weighted by molar-refractivity contribution is 0.449. The molecule has 5 nitrogen and oxygen atoms in total. The molecule has 0 atom stereocenters. The number of anilines is 1. The number of aryl methyl sites for hydroxylation is 2. The van der Waals surface area contributed by atoms with E-state index in [1.165, 1.54) is 0 Å². The van der Waals surface area contributed by atoms with Gasteiger partial charge < -0.3 is 19.5 Å². The van der Waals surface area contributed by atoms with E-state index in [2.05, 4.69) is 0 Å². The van der Waals surface area contributed by atoms with Crippen molar-refractivity contribution in [3.05, 3.63) is 39.5 Å². The second-order valence-corrected chi connectivity index (χ2v) is 6.50. The Morgan fingerprint density at radius 3 is 2.50 bits per heavy atom. The molecule has 0 spiro atoms. The third-order valence-electron chi connectivity index (χ3n) is 4.85. The van der Waals surface area contributed by atoms with Crippen LogP contribution in [0.15, 0.2) is 27.4 Å². The molecule has 1 fully saturated rings. The minimum absolute atomic E-state index is 0.0166. The Morgan fingerprint density at radius 2 is 1.79 bits per heavy atom. The Balaban J connectivity index is 2.16. The Kier molecular flexibility index (Phi) is 3.20. The van der Waals surface area contributed by atoms with Crippen LogP contribution in [0.2, 0.25) is 0 Å². The molecule has 0 aliphatic carbocycles. The number of benzene rings is 2. The van der Waals surface area contributed by atoms with Crippen molar-refractivity contribution in [3.63, 3.8) is 0 Å². The molecule has 4 rings (SSSR count). The monoisotopic (exact) mass is 325 g/mol. The van der Waals surface area contributed by atoms with E-state index in [1.54, 1.807) is 19.1 Å². The van der Waals surface area contributed by atoms with Gasteiger partial charge in [-0.1, -0.05) is 6.07 Å². The molecule has 2 N–H and O–H groups in total. The smallest absolute Gasteiger partial charge is 0.204 e. The number of rotatable bonds is 1. The molecule has 0 unspecified atom stereocenters. The highest BCUT2D eigenvalue weighted by Gasteiger charge is 2.26. The molecule has 2 heterocycles. The summed E-state index contributed by atoms with van der Waals surface area (Å²) in [6.45, 7) is 5.14. The lowest BCUT2D eigenvalue weighted by atomic mass is 10.0. The van der Waals surface area contributed by atoms with Gasteiger partial charge in [-0.05, 0) is 44.4 Å². The standard InChI is InChI=1S/C19H19NO4/c1-10-5-6-12-13(9-10)24-19-11(2)16(21)15(20-7-3-4-8-20)18(23)14(19)17(12)22/h5-6,9,21,23H,3-4,7-8H2,1-2H3. The van der Waals surface area contributed by atoms with Gasteiger partial charge in [-0.25, -0.2) is 0 Å². The van der Waals surface area contributed by atoms with Crippen molar-refractivity contribution in [1.82, 2.24) is 0 Å². The number of hydrogen-bond donors (Lipinski definition) is 2. The molecule has 0 saturated carbocycles. The number of nitrogens with zero attached hydrogens (tertiary/aromatic N) is 1. The molecule has 3 aromatic rings. The highest BCUT2D eigenvalue weighted by atomic mass is 16.3. The summed E-state index contributed by atoms with van der Waals surface area (Å²) < 4.78 is 5.88. The maximum atomic E-state index is 12.9. The SMILES string of the molecule is Cc1ccc2c(=O)c3c(O)c(N4CCCC4)c(O)c(C)c3oc2c1. The number of phenolic OH excluding ortho intramolecular Hbond substituents is 2. The zero-order valence-electron chi connectivity index (χ0n) is 13.7. The van der Waals surface area contributed by atoms with Crippen molar-refractivity contribution in [2.45, 2.75) is 26.7 Å². The molecular formula is C19H19NO4. The van der Waals surface area contributed by atoms with E-state index in [4.69, 9.17) is 4.42 Å². The Morgan fingerprint density at radius 1 is 1.08 bits per heavy atom. The fraction of sp³-hybridized carbons (Fsp3) is 0.316. The second kappa shape index (κ2) is 5.16. The zero-order valence-corrected chi connectivity index (χ0v) is 13.7. The Hall–Kier alpha value is -2.69. The predicted molar refractivity (Wildman–Crippen MR) is 94.2 cm³/mol. The van der Waals surface area contributed by atoms with E-state index in [0.29, 0.717) is 22.2 Å². The summed E-state index contributed by atoms with van der Waals surface area (Å²) in [7, 11) is 0. The van der Waals surface area contributed by atoms with Gasteiger partial charge >= 0.3 is 0 Å². The molecule has 1 aliphatic heterocycles. The summed E-state index contributed by atoms with van der Waals surface area (Å²) in [5.41, 5.74) is 2.23. The zero-order chi connectivity index (χ0) is 17.0. The lowest BCUT2D eigenvalue weighted by Crippen LogP contribution is -2.19. The van der Waals surface area contributed by atoms with Crippen LogP contribution < -0.4 is 10.3 Å². The van der Waals surface area contributed by atoms with Gasteiger partial charge in [0.05, 0.1) is 5.39 Å². The Labute approximate surface area is 138 Å². The molecule has 24 heavy (non-hydrogen) atoms. The minimum atomic E-state index is -0.271. The van der Waals surface area contributed by atoms with Crippen molar-refractivity contribution >= 4 is 27.6 Å². The number of hydrogen-bond acceptors (Lipinski definition) is 5. The van der Waals surface area contributed by atoms with Gasteiger partial charge in [-0.15, -0.1) is 0 Å². The van der Waals surface area contributed by atoms with E-state index in [0.717, 1.165) is 31.5 Å². The van der Waals surface area contributed by atoms with E-state index in [1.807, 2.05) is 17.9 Å². The first-order chi connectivity index (χ1) is 11.5. The molecule has 1 aliphatic rings. The normalized spacial score (nSPS) is 14.8. The summed E-state index contributed by atoms with van der Waals surface area (Å²) in [5, 5.41) is 21.9. The van der Waals surface area contributed by atoms with Gasteiger partial charge in [0, 0.05) is 18.7 Å². The van der Waals surface area contributed by atoms with Crippen molar-refractivity contribution in [3.8, 4) is 11.5 Å². The van der Waals surface area contributed by atoms with Crippen LogP contribution in [0.25, 0.3) is 21.9 Å². The lowest BCUT2D eigenvalue weighted by Gasteiger charge is -2.22. The van der Waals surface area contributed by atoms with Crippen molar-refractivity contribution in [2.24, 2.45) is 0 Å². The molecule has 5 heteroatoms. The highest BCUT2D eigenvalue weighted by molar-refractivity contribution is 6.00. The maximum absolute atomic E-state index is 12.9. The average molecular weight is 325 g/mol. The first-order valence-corrected chi connectivity index (χ1v) is 8.15. The van der Waals surface area contributed by atoms with Crippen molar-refractivity contribution in [1.29, 1.82) is 0 Å². The van der Waals surface area contributed by atoms with Crippen LogP contribution in [-0.2, 0) is 0 Å². The molecular weight excluding hydrogens is 306 g/mol. The summed E-state index contributed by atoms with van der Waals surface area (Å²) in [4.78, 5) is 14.9. The van der Waals surface area contributed by atoms with Crippen LogP contribution in [0, 0.1) is 13.8 Å². The first-order valence-electron chi connectivity index (χ1n) is 8.15. The van der Waals surface area contributed by atoms with Crippen LogP contribution in [0.3, 0.4) is 0 Å². The van der Waals surface area contributed by atoms with Gasteiger partial charge in [0.2, 0.25) is 5.43 Å². The fourth-order valence-corrected chi connectivity index (χ4v) is 3.54. The maximum Gasteiger partial charge on any atom is 0.204 e. The molecule has 1 aromatic heterocycles. The number of phenols is 2. The fourth-order valence-electron chi connectivity index (χ4n) is 3.54. The second-order valence-electron chi connectivity index (χ2n) is 6.50. The first kappa shape index (κ1) is 14.9. The van der Waals surface area contributed by atoms with E-state index in [-0.39, 0.29) is 27.9 Å². The van der Waals surface area contributed by atoms with Crippen LogP contribution in [0.1, 0.15) is 24.0 Å². The van der Waals surface area contributed by atoms with Crippen LogP contribution in [0.4, 0.5) is 5.69 Å². The predicted octanol–water partition coefficient (Wildman–Crippen LogP) is 3.57. The van der Waals surface area contributed by atoms with Crippen LogP contribution >= 0.6 is 0 Å². The molecule has 0 radical (unpaired) electrons. The van der Waals surface area contributed by atoms with Crippen LogP contribution in [-0.4, -0.2) is 23.3 Å². The van der Waals surface area contributed by atoms with Gasteiger partial charge in [-0.2, -0.15) is 0 Å². The molecule has 0 amide bonds. The van der Waals surface area contributed by atoms with Crippen LogP contribution in [0.5, 0.6) is 11.5 Å². The van der Waals surface area contributed by atoms with Crippen molar-refractivity contribution in [2.75, 3.05) is 18.0 Å². The number of fused-ring (bicyclic) bond motifs is 2. The summed E-state index contributed by atoms with van der Waals surface area (Å²) in [5.74, 6) is -0.205. The molecule has 1 saturated heterocycles. The van der Waals surface area contributed by atoms with Gasteiger partial charge in [0.15, 0.2) is 5.75 Å². The third kappa shape index (κ3) is 1.97. The highest BCUT2D eigenvalue weighted by Crippen LogP contribution is 2.46. The van der Waals surface area contributed by atoms with E-state index in [9.17, 15) is 15.0 Å². The van der Waals surface area contributed by atoms with Gasteiger partial charge in [-0.3, -0.25) is 4.79 Å².